The summed E-state index contributed by atoms with van der Waals surface area (Å²) in [5.41, 5.74) is 0.423. The van der Waals surface area contributed by atoms with E-state index in [0.29, 0.717) is 5.41 Å². The van der Waals surface area contributed by atoms with Crippen molar-refractivity contribution in [3.8, 4) is 0 Å². The Labute approximate surface area is 93.3 Å². The minimum atomic E-state index is 0.0844. The quantitative estimate of drug-likeness (QED) is 0.654. The molecule has 1 rings (SSSR count). The Morgan fingerprint density at radius 1 is 1.53 bits per heavy atom. The summed E-state index contributed by atoms with van der Waals surface area (Å²) in [6, 6.07) is 0. The van der Waals surface area contributed by atoms with Gasteiger partial charge in [-0.15, -0.1) is 0 Å². The molecule has 1 aliphatic rings. The molecule has 15 heavy (non-hydrogen) atoms. The van der Waals surface area contributed by atoms with Crippen LogP contribution in [-0.4, -0.2) is 23.9 Å². The van der Waals surface area contributed by atoms with E-state index in [1.165, 1.54) is 12.5 Å². The van der Waals surface area contributed by atoms with Crippen molar-refractivity contribution >= 4 is 5.91 Å². The summed E-state index contributed by atoms with van der Waals surface area (Å²) in [5, 5.41) is 0. The van der Waals surface area contributed by atoms with Crippen molar-refractivity contribution < 1.29 is 4.79 Å². The molecule has 1 aliphatic heterocycles. The lowest BCUT2D eigenvalue weighted by molar-refractivity contribution is -0.128. The highest BCUT2D eigenvalue weighted by atomic mass is 16.2. The second-order valence-corrected chi connectivity index (χ2v) is 4.99. The fourth-order valence-corrected chi connectivity index (χ4v) is 2.35. The topological polar surface area (TPSA) is 20.3 Å². The summed E-state index contributed by atoms with van der Waals surface area (Å²) < 4.78 is 0. The van der Waals surface area contributed by atoms with Gasteiger partial charge in [-0.05, 0) is 30.3 Å². The molecular formula is C13H23NO. The van der Waals surface area contributed by atoms with E-state index < -0.39 is 0 Å². The summed E-state index contributed by atoms with van der Waals surface area (Å²) in [6.45, 7) is 12.3. The Hall–Kier alpha value is -0.790. The third kappa shape index (κ3) is 2.61. The zero-order valence-corrected chi connectivity index (χ0v) is 10.3. The van der Waals surface area contributed by atoms with Crippen LogP contribution in [0.2, 0.25) is 0 Å². The van der Waals surface area contributed by atoms with Crippen LogP contribution in [-0.2, 0) is 4.79 Å². The fraction of sp³-hybridized carbons (Fsp3) is 0.769. The van der Waals surface area contributed by atoms with Crippen LogP contribution in [0.3, 0.4) is 0 Å². The number of hydrogen-bond acceptors (Lipinski definition) is 1. The number of hydrogen-bond donors (Lipinski definition) is 0. The molecule has 1 heterocycles. The highest BCUT2D eigenvalue weighted by molar-refractivity contribution is 5.87. The Kier molecular flexibility index (Phi) is 3.95. The second-order valence-electron chi connectivity index (χ2n) is 4.99. The molecule has 0 saturated carbocycles. The van der Waals surface area contributed by atoms with Gasteiger partial charge in [0.1, 0.15) is 0 Å². The smallest absolute Gasteiger partial charge is 0.245 e. The summed E-state index contributed by atoms with van der Waals surface area (Å²) in [6.07, 6.45) is 4.90. The van der Waals surface area contributed by atoms with Crippen molar-refractivity contribution in [3.63, 3.8) is 0 Å². The van der Waals surface area contributed by atoms with Crippen LogP contribution < -0.4 is 0 Å². The first-order valence-corrected chi connectivity index (χ1v) is 5.95. The number of carbonyl (C=O) groups is 1. The third-order valence-electron chi connectivity index (χ3n) is 4.19. The highest BCUT2D eigenvalue weighted by Crippen LogP contribution is 2.39. The molecular weight excluding hydrogens is 186 g/mol. The first-order valence-electron chi connectivity index (χ1n) is 5.95. The number of carbonyl (C=O) groups excluding carboxylic acids is 1. The Morgan fingerprint density at radius 2 is 2.07 bits per heavy atom. The van der Waals surface area contributed by atoms with Gasteiger partial charge < -0.3 is 4.90 Å². The zero-order chi connectivity index (χ0) is 11.5. The molecule has 0 aromatic rings. The maximum atomic E-state index is 11.4. The van der Waals surface area contributed by atoms with Gasteiger partial charge in [0.15, 0.2) is 0 Å². The molecule has 1 unspecified atom stereocenters. The largest absolute Gasteiger partial charge is 0.339 e. The molecule has 1 amide bonds. The van der Waals surface area contributed by atoms with Crippen LogP contribution in [0, 0.1) is 11.3 Å². The minimum absolute atomic E-state index is 0.0844. The Morgan fingerprint density at radius 3 is 2.47 bits per heavy atom. The van der Waals surface area contributed by atoms with Gasteiger partial charge in [0.2, 0.25) is 5.91 Å². The van der Waals surface area contributed by atoms with Crippen LogP contribution in [0.1, 0.15) is 40.0 Å². The first-order chi connectivity index (χ1) is 7.03. The zero-order valence-electron chi connectivity index (χ0n) is 10.3. The molecule has 2 heteroatoms. The van der Waals surface area contributed by atoms with Crippen molar-refractivity contribution in [1.29, 1.82) is 0 Å². The molecule has 1 fully saturated rings. The fourth-order valence-electron chi connectivity index (χ4n) is 2.35. The molecule has 1 saturated heterocycles. The molecule has 0 N–H and O–H groups in total. The first kappa shape index (κ1) is 12.3. The lowest BCUT2D eigenvalue weighted by Gasteiger charge is -2.42. The van der Waals surface area contributed by atoms with E-state index in [1.54, 1.807) is 0 Å². The van der Waals surface area contributed by atoms with Crippen molar-refractivity contribution in [2.75, 3.05) is 13.1 Å². The average Bonchev–Trinajstić information content (AvgIpc) is 2.28. The van der Waals surface area contributed by atoms with Crippen LogP contribution in [0.15, 0.2) is 12.7 Å². The summed E-state index contributed by atoms with van der Waals surface area (Å²) in [4.78, 5) is 13.3. The van der Waals surface area contributed by atoms with E-state index in [-0.39, 0.29) is 5.91 Å². The van der Waals surface area contributed by atoms with Crippen molar-refractivity contribution in [1.82, 2.24) is 4.90 Å². The molecule has 2 nitrogen and oxygen atoms in total. The maximum absolute atomic E-state index is 11.4. The number of rotatable bonds is 3. The monoisotopic (exact) mass is 209 g/mol. The van der Waals surface area contributed by atoms with Crippen LogP contribution in [0.5, 0.6) is 0 Å². The number of amides is 1. The maximum Gasteiger partial charge on any atom is 0.245 e. The second kappa shape index (κ2) is 4.82. The van der Waals surface area contributed by atoms with E-state index in [9.17, 15) is 4.79 Å². The normalized spacial score (nSPS) is 22.2. The van der Waals surface area contributed by atoms with E-state index in [4.69, 9.17) is 0 Å². The highest BCUT2D eigenvalue weighted by Gasteiger charge is 2.34. The molecule has 0 bridgehead atoms. The summed E-state index contributed by atoms with van der Waals surface area (Å²) in [7, 11) is 0. The van der Waals surface area contributed by atoms with E-state index in [1.807, 2.05) is 4.90 Å². The predicted molar refractivity (Wildman–Crippen MR) is 63.6 cm³/mol. The standard InChI is InChI=1S/C13H23NO/c1-5-11(3)13(4)7-9-14(10-8-13)12(15)6-2/h6,11H,2,5,7-10H2,1,3-4H3. The minimum Gasteiger partial charge on any atom is -0.339 e. The average molecular weight is 209 g/mol. The van der Waals surface area contributed by atoms with Crippen LogP contribution >= 0.6 is 0 Å². The Balaban J connectivity index is 2.54. The molecule has 0 spiro atoms. The van der Waals surface area contributed by atoms with E-state index >= 15 is 0 Å². The van der Waals surface area contributed by atoms with E-state index in [0.717, 1.165) is 31.8 Å². The SMILES string of the molecule is C=CC(=O)N1CCC(C)(C(C)CC)CC1. The van der Waals surface area contributed by atoms with Gasteiger partial charge in [-0.1, -0.05) is 33.8 Å². The molecule has 0 aromatic heterocycles. The summed E-state index contributed by atoms with van der Waals surface area (Å²) in [5.74, 6) is 0.833. The van der Waals surface area contributed by atoms with Crippen molar-refractivity contribution in [2.24, 2.45) is 11.3 Å². The lowest BCUT2D eigenvalue weighted by Crippen LogP contribution is -2.43. The summed E-state index contributed by atoms with van der Waals surface area (Å²) >= 11 is 0. The van der Waals surface area contributed by atoms with Gasteiger partial charge in [-0.2, -0.15) is 0 Å². The molecule has 0 radical (unpaired) electrons. The van der Waals surface area contributed by atoms with E-state index in [2.05, 4.69) is 27.4 Å². The van der Waals surface area contributed by atoms with Gasteiger partial charge in [0.05, 0.1) is 0 Å². The number of piperidine rings is 1. The van der Waals surface area contributed by atoms with Gasteiger partial charge >= 0.3 is 0 Å². The molecule has 1 atom stereocenters. The predicted octanol–water partition coefficient (Wildman–Crippen LogP) is 2.85. The van der Waals surface area contributed by atoms with Crippen LogP contribution in [0.25, 0.3) is 0 Å². The molecule has 86 valence electrons. The Bertz CT molecular complexity index is 239. The lowest BCUT2D eigenvalue weighted by atomic mass is 9.70. The van der Waals surface area contributed by atoms with Gasteiger partial charge in [0, 0.05) is 13.1 Å². The molecule has 0 aromatic carbocycles. The van der Waals surface area contributed by atoms with Crippen LogP contribution in [0.4, 0.5) is 0 Å². The van der Waals surface area contributed by atoms with Crippen molar-refractivity contribution in [3.05, 3.63) is 12.7 Å². The number of nitrogens with zero attached hydrogens (tertiary/aromatic N) is 1. The third-order valence-corrected chi connectivity index (χ3v) is 4.19. The van der Waals surface area contributed by atoms with Gasteiger partial charge in [-0.25, -0.2) is 0 Å². The number of likely N-dealkylation sites (tertiary alicyclic amines) is 1. The van der Waals surface area contributed by atoms with Gasteiger partial charge in [-0.3, -0.25) is 4.79 Å². The van der Waals surface area contributed by atoms with Crippen molar-refractivity contribution in [2.45, 2.75) is 40.0 Å². The molecule has 0 aliphatic carbocycles. The van der Waals surface area contributed by atoms with Gasteiger partial charge in [0.25, 0.3) is 0 Å².